The number of phenols is 1. The number of nitrogens with two attached hydrogens (primary N) is 1. The topological polar surface area (TPSA) is 201 Å². The number of nitrogens with one attached hydrogen (secondary N) is 2. The van der Waals surface area contributed by atoms with Crippen molar-refractivity contribution in [1.29, 1.82) is 0 Å². The zero-order valence-corrected chi connectivity index (χ0v) is 21.3. The van der Waals surface area contributed by atoms with Gasteiger partial charge in [-0.3, -0.25) is 14.1 Å². The number of anilines is 3. The highest BCUT2D eigenvalue weighted by Gasteiger charge is 2.20. The van der Waals surface area contributed by atoms with Crippen molar-refractivity contribution in [2.24, 2.45) is 10.2 Å². The highest BCUT2D eigenvalue weighted by atomic mass is 32.2. The molecule has 6 N–H and O–H groups in total. The van der Waals surface area contributed by atoms with Crippen molar-refractivity contribution in [3.8, 4) is 5.75 Å². The first kappa shape index (κ1) is 26.5. The molecule has 0 heterocycles. The van der Waals surface area contributed by atoms with Crippen LogP contribution in [0.2, 0.25) is 0 Å². The number of amides is 1. The quantitative estimate of drug-likeness (QED) is 0.124. The fraction of sp³-hybridized carbons (Fsp3) is 0.0417. The summed E-state index contributed by atoms with van der Waals surface area (Å²) in [5.41, 5.74) is 6.76. The highest BCUT2D eigenvalue weighted by Crippen LogP contribution is 2.40. The third-order valence-corrected chi connectivity index (χ3v) is 7.50. The van der Waals surface area contributed by atoms with E-state index in [1.54, 1.807) is 6.07 Å². The fourth-order valence-electron chi connectivity index (χ4n) is 3.58. The van der Waals surface area contributed by atoms with Crippen LogP contribution in [0.15, 0.2) is 92.8 Å². The zero-order chi connectivity index (χ0) is 27.7. The smallest absolute Gasteiger partial charge is 0.294 e. The Kier molecular flexibility index (Phi) is 7.04. The minimum atomic E-state index is -4.59. The molecule has 4 aromatic rings. The Balaban J connectivity index is 1.71. The van der Waals surface area contributed by atoms with Crippen LogP contribution >= 0.6 is 0 Å². The first-order valence-corrected chi connectivity index (χ1v) is 13.7. The molecular formula is C24H21N5O7S2. The van der Waals surface area contributed by atoms with Gasteiger partial charge in [0, 0.05) is 24.4 Å². The number of carbonyl (C=O) groups is 1. The van der Waals surface area contributed by atoms with Crippen molar-refractivity contribution in [2.75, 3.05) is 15.8 Å². The molecule has 4 rings (SSSR count). The second-order valence-corrected chi connectivity index (χ2v) is 11.1. The van der Waals surface area contributed by atoms with Crippen LogP contribution in [-0.4, -0.2) is 32.4 Å². The van der Waals surface area contributed by atoms with E-state index in [0.717, 1.165) is 12.1 Å². The number of azo groups is 1. The predicted molar refractivity (Wildman–Crippen MR) is 142 cm³/mol. The van der Waals surface area contributed by atoms with Crippen LogP contribution in [0.1, 0.15) is 6.92 Å². The van der Waals surface area contributed by atoms with Gasteiger partial charge in [0.25, 0.3) is 20.1 Å². The minimum absolute atomic E-state index is 0.0318. The molecule has 0 spiro atoms. The van der Waals surface area contributed by atoms with Gasteiger partial charge in [-0.2, -0.15) is 8.42 Å². The lowest BCUT2D eigenvalue weighted by molar-refractivity contribution is -0.114. The molecule has 196 valence electrons. The van der Waals surface area contributed by atoms with E-state index in [1.807, 2.05) is 0 Å². The number of aromatic hydroxyl groups is 1. The molecule has 38 heavy (non-hydrogen) atoms. The summed E-state index contributed by atoms with van der Waals surface area (Å²) in [4.78, 5) is 10.5. The maximum atomic E-state index is 13.1. The fourth-order valence-corrected chi connectivity index (χ4v) is 5.31. The van der Waals surface area contributed by atoms with E-state index in [9.17, 15) is 31.3 Å². The maximum absolute atomic E-state index is 13.1. The number of hydrogen-bond donors (Lipinski definition) is 5. The predicted octanol–water partition coefficient (Wildman–Crippen LogP) is 4.55. The molecule has 0 atom stereocenters. The van der Waals surface area contributed by atoms with E-state index >= 15 is 0 Å². The van der Waals surface area contributed by atoms with E-state index in [1.165, 1.54) is 61.5 Å². The van der Waals surface area contributed by atoms with E-state index in [-0.39, 0.29) is 44.3 Å². The second-order valence-electron chi connectivity index (χ2n) is 8.05. The van der Waals surface area contributed by atoms with Gasteiger partial charge in [-0.25, -0.2) is 8.42 Å². The first-order chi connectivity index (χ1) is 17.8. The largest absolute Gasteiger partial charge is 0.507 e. The Hall–Kier alpha value is -4.53. The zero-order valence-electron chi connectivity index (χ0n) is 19.7. The monoisotopic (exact) mass is 555 g/mol. The summed E-state index contributed by atoms with van der Waals surface area (Å²) in [6.45, 7) is 1.35. The molecule has 0 aliphatic carbocycles. The first-order valence-electron chi connectivity index (χ1n) is 10.8. The van der Waals surface area contributed by atoms with Crippen molar-refractivity contribution < 1.29 is 31.3 Å². The number of carbonyl (C=O) groups excluding carboxylic acids is 1. The molecule has 0 aliphatic heterocycles. The van der Waals surface area contributed by atoms with Crippen LogP contribution in [0.3, 0.4) is 0 Å². The van der Waals surface area contributed by atoms with Crippen LogP contribution < -0.4 is 15.8 Å². The lowest BCUT2D eigenvalue weighted by Gasteiger charge is -2.11. The molecule has 0 aliphatic rings. The second kappa shape index (κ2) is 10.1. The number of benzene rings is 4. The van der Waals surface area contributed by atoms with Crippen molar-refractivity contribution in [2.45, 2.75) is 16.7 Å². The number of hydrogen-bond acceptors (Lipinski definition) is 9. The van der Waals surface area contributed by atoms with Gasteiger partial charge in [0.05, 0.1) is 16.0 Å². The molecule has 0 saturated carbocycles. The molecule has 14 heteroatoms. The summed E-state index contributed by atoms with van der Waals surface area (Å²) in [5, 5.41) is 21.4. The van der Waals surface area contributed by atoms with Crippen molar-refractivity contribution in [3.63, 3.8) is 0 Å². The minimum Gasteiger partial charge on any atom is -0.507 e. The molecule has 0 bridgehead atoms. The third-order valence-electron chi connectivity index (χ3n) is 5.24. The molecule has 0 radical (unpaired) electrons. The van der Waals surface area contributed by atoms with E-state index < -0.39 is 30.8 Å². The lowest BCUT2D eigenvalue weighted by atomic mass is 10.1. The van der Waals surface area contributed by atoms with Crippen molar-refractivity contribution in [3.05, 3.63) is 72.8 Å². The third kappa shape index (κ3) is 5.72. The number of nitrogen functional groups attached to an aromatic ring is 1. The summed E-state index contributed by atoms with van der Waals surface area (Å²) >= 11 is 0. The van der Waals surface area contributed by atoms with Crippen LogP contribution in [0.5, 0.6) is 5.75 Å². The summed E-state index contributed by atoms with van der Waals surface area (Å²) in [7, 11) is -8.72. The average molecular weight is 556 g/mol. The molecule has 0 unspecified atom stereocenters. The number of sulfonamides is 1. The normalized spacial score (nSPS) is 12.1. The van der Waals surface area contributed by atoms with Crippen LogP contribution in [-0.2, 0) is 24.9 Å². The summed E-state index contributed by atoms with van der Waals surface area (Å²) in [6, 6.07) is 16.6. The van der Waals surface area contributed by atoms with Crippen molar-refractivity contribution in [1.82, 2.24) is 0 Å². The Morgan fingerprint density at radius 3 is 2.21 bits per heavy atom. The van der Waals surface area contributed by atoms with E-state index in [4.69, 9.17) is 5.73 Å². The number of phenolic OH excluding ortho intramolecular Hbond substituents is 1. The number of fused-ring (bicyclic) bond motifs is 1. The number of nitrogens with zero attached hydrogens (tertiary/aromatic N) is 2. The Bertz CT molecular complexity index is 1800. The van der Waals surface area contributed by atoms with Crippen LogP contribution in [0.25, 0.3) is 10.8 Å². The Morgan fingerprint density at radius 2 is 1.55 bits per heavy atom. The van der Waals surface area contributed by atoms with Crippen LogP contribution in [0, 0.1) is 0 Å². The molecule has 4 aromatic carbocycles. The van der Waals surface area contributed by atoms with Crippen LogP contribution in [0.4, 0.5) is 28.4 Å². The van der Waals surface area contributed by atoms with Gasteiger partial charge in [-0.05, 0) is 53.9 Å². The lowest BCUT2D eigenvalue weighted by Crippen LogP contribution is -2.13. The molecule has 0 aromatic heterocycles. The summed E-state index contributed by atoms with van der Waals surface area (Å²) in [5.74, 6) is -0.793. The number of rotatable bonds is 7. The van der Waals surface area contributed by atoms with Gasteiger partial charge in [-0.15, -0.1) is 10.2 Å². The Morgan fingerprint density at radius 1 is 0.895 bits per heavy atom. The Labute approximate surface area is 217 Å². The summed E-state index contributed by atoms with van der Waals surface area (Å²) in [6.07, 6.45) is 0. The van der Waals surface area contributed by atoms with Gasteiger partial charge in [0.2, 0.25) is 5.91 Å². The van der Waals surface area contributed by atoms with Gasteiger partial charge < -0.3 is 16.2 Å². The molecule has 12 nitrogen and oxygen atoms in total. The maximum Gasteiger partial charge on any atom is 0.294 e. The molecule has 0 fully saturated rings. The van der Waals surface area contributed by atoms with Gasteiger partial charge in [-0.1, -0.05) is 18.2 Å². The molecular weight excluding hydrogens is 534 g/mol. The van der Waals surface area contributed by atoms with Crippen molar-refractivity contribution >= 4 is 65.3 Å². The standard InChI is InChI=1S/C24H21N5O7S2/c1-14(30)26-16-7-9-17(10-8-16)29-37(32,33)22-5-3-2-4-20(22)27-28-24-19(25)11-6-15-12-18(38(34,35)36)13-21(31)23(15)24/h2-13,29,31H,25H2,1H3,(H,26,30)(H,34,35,36). The van der Waals surface area contributed by atoms with Gasteiger partial charge in [0.1, 0.15) is 22.0 Å². The van der Waals surface area contributed by atoms with Gasteiger partial charge >= 0.3 is 0 Å². The molecule has 0 saturated heterocycles. The summed E-state index contributed by atoms with van der Waals surface area (Å²) < 4.78 is 61.1. The van der Waals surface area contributed by atoms with E-state index in [0.29, 0.717) is 5.69 Å². The van der Waals surface area contributed by atoms with Gasteiger partial charge in [0.15, 0.2) is 0 Å². The SMILES string of the molecule is CC(=O)Nc1ccc(NS(=O)(=O)c2ccccc2N=Nc2c(N)ccc3cc(S(=O)(=O)O)cc(O)c23)cc1. The van der Waals surface area contributed by atoms with E-state index in [2.05, 4.69) is 20.3 Å². The molecule has 1 amide bonds. The average Bonchev–Trinajstić information content (AvgIpc) is 2.84. The highest BCUT2D eigenvalue weighted by molar-refractivity contribution is 7.92.